The molecular weight excluding hydrogens is 827 g/mol. The fourth-order valence-corrected chi connectivity index (χ4v) is 9.51. The topological polar surface area (TPSA) is 58.6 Å². The Kier molecular flexibility index (Phi) is 11.9. The van der Waals surface area contributed by atoms with Crippen LogP contribution in [-0.4, -0.2) is 0 Å². The summed E-state index contributed by atoms with van der Waals surface area (Å²) in [5.41, 5.74) is 12.1. The van der Waals surface area contributed by atoms with Gasteiger partial charge >= 0.3 is 30.2 Å². The molecule has 0 aliphatic carbocycles. The molecule has 0 radical (unpaired) electrons. The Morgan fingerprint density at radius 3 is 1.05 bits per heavy atom. The molecule has 0 atom stereocenters. The van der Waals surface area contributed by atoms with Crippen LogP contribution >= 0.6 is 7.82 Å². The normalized spacial score (nSPS) is 14.1. The van der Waals surface area contributed by atoms with E-state index in [1.807, 2.05) is 12.1 Å². The third-order valence-electron chi connectivity index (χ3n) is 11.8. The monoisotopic (exact) mass is 886 g/mol. The Labute approximate surface area is 362 Å². The van der Waals surface area contributed by atoms with Crippen LogP contribution in [0.5, 0.6) is 11.5 Å². The van der Waals surface area contributed by atoms with E-state index in [-0.39, 0.29) is 56.9 Å². The molecule has 1 heterocycles. The second kappa shape index (κ2) is 15.8. The minimum atomic E-state index is -5.02. The van der Waals surface area contributed by atoms with Crippen LogP contribution in [0.1, 0.15) is 154 Å². The molecule has 0 amide bonds. The zero-order valence-electron chi connectivity index (χ0n) is 36.8. The Balaban J connectivity index is 0.00000567. The van der Waals surface area contributed by atoms with E-state index >= 15 is 0 Å². The van der Waals surface area contributed by atoms with Crippen molar-refractivity contribution >= 4 is 29.4 Å². The quantitative estimate of drug-likeness (QED) is 0.123. The number of fused-ring (bicyclic) bond motifs is 7. The third kappa shape index (κ3) is 7.89. The van der Waals surface area contributed by atoms with Crippen molar-refractivity contribution in [3.8, 4) is 44.9 Å². The van der Waals surface area contributed by atoms with Gasteiger partial charge in [0.15, 0.2) is 0 Å². The van der Waals surface area contributed by atoms with Gasteiger partial charge in [0, 0.05) is 22.3 Å². The van der Waals surface area contributed by atoms with Gasteiger partial charge in [-0.25, -0.2) is 4.57 Å². The van der Waals surface area contributed by atoms with E-state index in [0.717, 1.165) is 54.9 Å². The molecule has 6 heteroatoms. The van der Waals surface area contributed by atoms with E-state index in [0.29, 0.717) is 11.5 Å². The van der Waals surface area contributed by atoms with E-state index in [1.54, 1.807) is 0 Å². The summed E-state index contributed by atoms with van der Waals surface area (Å²) in [6.07, 6.45) is 0. The minimum Gasteiger partial charge on any atom is -0.736 e. The van der Waals surface area contributed by atoms with Crippen molar-refractivity contribution in [2.75, 3.05) is 0 Å². The molecule has 0 aromatic heterocycles. The van der Waals surface area contributed by atoms with Gasteiger partial charge < -0.3 is 13.9 Å². The number of hydrogen-bond acceptors (Lipinski definition) is 4. The fourth-order valence-electron chi connectivity index (χ4n) is 8.64. The summed E-state index contributed by atoms with van der Waals surface area (Å²) >= 11 is 0. The average Bonchev–Trinajstić information content (AvgIpc) is 3.25. The molecule has 308 valence electrons. The third-order valence-corrected chi connectivity index (χ3v) is 12.6. The maximum atomic E-state index is 14.7. The van der Waals surface area contributed by atoms with Crippen LogP contribution in [0.2, 0.25) is 0 Å². The van der Waals surface area contributed by atoms with Gasteiger partial charge in [-0.15, -0.1) is 0 Å². The molecule has 0 spiro atoms. The average molecular weight is 888 g/mol. The van der Waals surface area contributed by atoms with Gasteiger partial charge in [-0.1, -0.05) is 170 Å². The molecule has 0 bridgehead atoms. The summed E-state index contributed by atoms with van der Waals surface area (Å²) < 4.78 is 27.5. The summed E-state index contributed by atoms with van der Waals surface area (Å²) in [6.45, 7) is 31.2. The summed E-state index contributed by atoms with van der Waals surface area (Å²) in [7, 11) is -5.02. The van der Waals surface area contributed by atoms with Gasteiger partial charge in [0.05, 0.1) is 0 Å². The molecule has 6 aromatic rings. The Morgan fingerprint density at radius 2 is 0.776 bits per heavy atom. The molecule has 0 fully saturated rings. The summed E-state index contributed by atoms with van der Waals surface area (Å²) in [4.78, 5) is 14.7. The Morgan fingerprint density at radius 1 is 0.483 bits per heavy atom. The van der Waals surface area contributed by atoms with E-state index in [2.05, 4.69) is 170 Å². The van der Waals surface area contributed by atoms with Crippen LogP contribution in [0.25, 0.3) is 54.9 Å². The molecule has 1 aliphatic heterocycles. The molecule has 0 saturated heterocycles. The van der Waals surface area contributed by atoms with Gasteiger partial charge in [0.25, 0.3) is 0 Å². The number of phosphoric acid groups is 1. The number of rotatable bonds is 6. The summed E-state index contributed by atoms with van der Waals surface area (Å²) in [6, 6.07) is 30.1. The first-order chi connectivity index (χ1) is 26.6. The van der Waals surface area contributed by atoms with Crippen LogP contribution in [0, 0.1) is 0 Å². The van der Waals surface area contributed by atoms with Crippen molar-refractivity contribution in [2.24, 2.45) is 0 Å². The largest absolute Gasteiger partial charge is 1.00 e. The molecule has 0 unspecified atom stereocenters. The molecule has 4 nitrogen and oxygen atoms in total. The molecule has 6 aromatic carbocycles. The first-order valence-corrected chi connectivity index (χ1v) is 22.2. The van der Waals surface area contributed by atoms with Gasteiger partial charge in [-0.05, 0) is 113 Å². The molecule has 0 saturated carbocycles. The number of benzene rings is 6. The Bertz CT molecular complexity index is 2370. The van der Waals surface area contributed by atoms with Crippen LogP contribution < -0.4 is 13.9 Å². The number of phosphoric ester groups is 1. The van der Waals surface area contributed by atoms with Crippen molar-refractivity contribution in [1.29, 1.82) is 0 Å². The van der Waals surface area contributed by atoms with E-state index in [1.165, 1.54) is 33.4 Å². The maximum absolute atomic E-state index is 14.7. The van der Waals surface area contributed by atoms with Crippen molar-refractivity contribution in [3.05, 3.63) is 118 Å². The van der Waals surface area contributed by atoms with Crippen LogP contribution in [0.15, 0.2) is 84.9 Å². The van der Waals surface area contributed by atoms with E-state index < -0.39 is 7.82 Å². The maximum Gasteiger partial charge on any atom is 1.00 e. The van der Waals surface area contributed by atoms with E-state index in [9.17, 15) is 9.46 Å². The van der Waals surface area contributed by atoms with Gasteiger partial charge in [0.1, 0.15) is 11.5 Å². The molecule has 7 rings (SSSR count). The Hall–Kier alpha value is -3.63. The van der Waals surface area contributed by atoms with Crippen molar-refractivity contribution in [1.82, 2.24) is 0 Å². The summed E-state index contributed by atoms with van der Waals surface area (Å²) in [5.74, 6) is 1.25. The van der Waals surface area contributed by atoms with E-state index in [4.69, 9.17) is 9.05 Å². The number of hydrogen-bond donors (Lipinski definition) is 0. The summed E-state index contributed by atoms with van der Waals surface area (Å²) in [5, 5.41) is 3.82. The van der Waals surface area contributed by atoms with Crippen LogP contribution in [0.4, 0.5) is 0 Å². The van der Waals surface area contributed by atoms with Gasteiger partial charge in [-0.2, -0.15) is 0 Å². The standard InChI is InChI=1S/C52H61O4P.Ag/c1-29(2)39-25-35(51(9,10)11)26-40(30(3)4)45(39)43-23-33-19-15-17-21-37(33)47-48-38-22-18-16-20-34(38)24-44(50(48)56-57(53,54)55-49(43)47)46-41(31(5)6)27-36(52(12,13)14)28-42(46)32(7)8;/h15-32H,1-14H3,(H,53,54);/q;+1/p-1. The van der Waals surface area contributed by atoms with Crippen LogP contribution in [-0.2, 0) is 37.8 Å². The van der Waals surface area contributed by atoms with Crippen LogP contribution in [0.3, 0.4) is 0 Å². The molecule has 58 heavy (non-hydrogen) atoms. The predicted octanol–water partition coefficient (Wildman–Crippen LogP) is 15.3. The first-order valence-electron chi connectivity index (χ1n) is 20.8. The van der Waals surface area contributed by atoms with Crippen molar-refractivity contribution in [2.45, 2.75) is 131 Å². The van der Waals surface area contributed by atoms with Gasteiger partial charge in [0.2, 0.25) is 0 Å². The van der Waals surface area contributed by atoms with Crippen molar-refractivity contribution in [3.63, 3.8) is 0 Å². The fraction of sp³-hybridized carbons (Fsp3) is 0.385. The smallest absolute Gasteiger partial charge is 0.736 e. The molecular formula is C52H60AgO4P. The second-order valence-corrected chi connectivity index (χ2v) is 20.8. The zero-order valence-corrected chi connectivity index (χ0v) is 39.2. The van der Waals surface area contributed by atoms with Gasteiger partial charge in [-0.3, -0.25) is 0 Å². The molecule has 1 aliphatic rings. The first kappa shape index (κ1) is 43.9. The zero-order chi connectivity index (χ0) is 41.5. The predicted molar refractivity (Wildman–Crippen MR) is 240 cm³/mol. The molecule has 0 N–H and O–H groups in total. The second-order valence-electron chi connectivity index (χ2n) is 19.5. The minimum absolute atomic E-state index is 0. The SMILES string of the molecule is CC(C)c1cc(C(C)(C)C)cc(C(C)C)c1-c1cc2ccccc2c2c1OP(=O)([O-])Oc1c(-c3c(C(C)C)cc(C(C)(C)C)cc3C(C)C)cc3ccccc3c1-2.[Ag+]. The van der Waals surface area contributed by atoms with Crippen molar-refractivity contribution < 1.29 is 40.9 Å².